The van der Waals surface area contributed by atoms with Gasteiger partial charge in [-0.25, -0.2) is 0 Å². The van der Waals surface area contributed by atoms with Crippen molar-refractivity contribution in [3.8, 4) is 0 Å². The molecule has 0 aromatic rings. The van der Waals surface area contributed by atoms with Gasteiger partial charge in [0.05, 0.1) is 0 Å². The predicted molar refractivity (Wildman–Crippen MR) is 64.0 cm³/mol. The molecule has 0 aromatic carbocycles. The Balaban J connectivity index is 1.76. The van der Waals surface area contributed by atoms with Crippen LogP contribution in [-0.4, -0.2) is 43.0 Å². The molecule has 0 aliphatic carbocycles. The van der Waals surface area contributed by atoms with E-state index >= 15 is 0 Å². The second-order valence-corrected chi connectivity index (χ2v) is 5.12. The quantitative estimate of drug-likeness (QED) is 0.725. The molecule has 0 spiro atoms. The summed E-state index contributed by atoms with van der Waals surface area (Å²) in [5, 5.41) is 3.59. The van der Waals surface area contributed by atoms with E-state index in [1.54, 1.807) is 0 Å². The first-order valence-corrected chi connectivity index (χ1v) is 6.50. The fourth-order valence-electron chi connectivity index (χ4n) is 3.00. The normalized spacial score (nSPS) is 31.8. The number of rotatable bonds is 4. The molecule has 0 radical (unpaired) electrons. The number of carbonyl (C=O) groups is 1. The minimum absolute atomic E-state index is 0.180. The standard InChI is InChI=1S/C12H23N3O/c13-12(16)5-8-15-7-2-3-10(9-15)11-4-1-6-14-11/h10-11,14H,1-9H2,(H2,13,16). The van der Waals surface area contributed by atoms with E-state index in [0.29, 0.717) is 6.42 Å². The van der Waals surface area contributed by atoms with Crippen LogP contribution in [0.4, 0.5) is 0 Å². The van der Waals surface area contributed by atoms with Crippen molar-refractivity contribution in [2.75, 3.05) is 26.2 Å². The maximum Gasteiger partial charge on any atom is 0.218 e. The number of piperidine rings is 1. The van der Waals surface area contributed by atoms with E-state index in [4.69, 9.17) is 5.73 Å². The van der Waals surface area contributed by atoms with E-state index in [1.165, 1.54) is 32.2 Å². The van der Waals surface area contributed by atoms with Crippen LogP contribution in [0.1, 0.15) is 32.1 Å². The summed E-state index contributed by atoms with van der Waals surface area (Å²) in [7, 11) is 0. The highest BCUT2D eigenvalue weighted by molar-refractivity contribution is 5.73. The number of hydrogen-bond acceptors (Lipinski definition) is 3. The average Bonchev–Trinajstić information content (AvgIpc) is 2.80. The summed E-state index contributed by atoms with van der Waals surface area (Å²) >= 11 is 0. The van der Waals surface area contributed by atoms with Gasteiger partial charge in [0.15, 0.2) is 0 Å². The molecule has 2 heterocycles. The predicted octanol–water partition coefficient (Wildman–Crippen LogP) is 0.326. The van der Waals surface area contributed by atoms with Gasteiger partial charge in [0, 0.05) is 25.6 Å². The Morgan fingerprint density at radius 2 is 2.25 bits per heavy atom. The van der Waals surface area contributed by atoms with Crippen LogP contribution >= 0.6 is 0 Å². The molecule has 0 bridgehead atoms. The highest BCUT2D eigenvalue weighted by Crippen LogP contribution is 2.24. The highest BCUT2D eigenvalue weighted by Gasteiger charge is 2.28. The zero-order valence-corrected chi connectivity index (χ0v) is 9.95. The summed E-state index contributed by atoms with van der Waals surface area (Å²) in [5.41, 5.74) is 5.19. The molecule has 0 aromatic heterocycles. The van der Waals surface area contributed by atoms with Gasteiger partial charge < -0.3 is 16.0 Å². The minimum Gasteiger partial charge on any atom is -0.370 e. The smallest absolute Gasteiger partial charge is 0.218 e. The first-order chi connectivity index (χ1) is 7.75. The van der Waals surface area contributed by atoms with Crippen molar-refractivity contribution in [2.45, 2.75) is 38.1 Å². The minimum atomic E-state index is -0.180. The zero-order chi connectivity index (χ0) is 11.4. The van der Waals surface area contributed by atoms with E-state index < -0.39 is 0 Å². The zero-order valence-electron chi connectivity index (χ0n) is 9.95. The first-order valence-electron chi connectivity index (χ1n) is 6.50. The maximum atomic E-state index is 10.8. The Kier molecular flexibility index (Phi) is 4.18. The third-order valence-corrected chi connectivity index (χ3v) is 3.88. The number of hydrogen-bond donors (Lipinski definition) is 2. The monoisotopic (exact) mass is 225 g/mol. The topological polar surface area (TPSA) is 58.4 Å². The molecule has 2 atom stereocenters. The van der Waals surface area contributed by atoms with Crippen molar-refractivity contribution >= 4 is 5.91 Å². The number of carbonyl (C=O) groups excluding carboxylic acids is 1. The summed E-state index contributed by atoms with van der Waals surface area (Å²) in [6.07, 6.45) is 5.76. The molecule has 92 valence electrons. The van der Waals surface area contributed by atoms with Gasteiger partial charge in [0.1, 0.15) is 0 Å². The first kappa shape index (κ1) is 11.9. The molecule has 1 amide bonds. The van der Waals surface area contributed by atoms with E-state index in [1.807, 2.05) is 0 Å². The van der Waals surface area contributed by atoms with E-state index in [2.05, 4.69) is 10.2 Å². The summed E-state index contributed by atoms with van der Waals surface area (Å²) < 4.78 is 0. The van der Waals surface area contributed by atoms with Crippen LogP contribution in [-0.2, 0) is 4.79 Å². The number of amides is 1. The molecule has 4 heteroatoms. The molecule has 16 heavy (non-hydrogen) atoms. The van der Waals surface area contributed by atoms with Gasteiger partial charge in [0.25, 0.3) is 0 Å². The van der Waals surface area contributed by atoms with E-state index in [9.17, 15) is 4.79 Å². The Labute approximate surface area is 97.6 Å². The Morgan fingerprint density at radius 3 is 2.94 bits per heavy atom. The van der Waals surface area contributed by atoms with Crippen molar-refractivity contribution in [1.29, 1.82) is 0 Å². The van der Waals surface area contributed by atoms with Crippen LogP contribution in [0.2, 0.25) is 0 Å². The van der Waals surface area contributed by atoms with Crippen molar-refractivity contribution in [3.05, 3.63) is 0 Å². The number of nitrogens with zero attached hydrogens (tertiary/aromatic N) is 1. The molecule has 2 aliphatic rings. The SMILES string of the molecule is NC(=O)CCN1CCCC(C2CCCN2)C1. The summed E-state index contributed by atoms with van der Waals surface area (Å²) in [6.45, 7) is 4.31. The van der Waals surface area contributed by atoms with Gasteiger partial charge in [0.2, 0.25) is 5.91 Å². The lowest BCUT2D eigenvalue weighted by atomic mass is 9.90. The third-order valence-electron chi connectivity index (χ3n) is 3.88. The molecule has 2 fully saturated rings. The fourth-order valence-corrected chi connectivity index (χ4v) is 3.00. The van der Waals surface area contributed by atoms with Crippen molar-refractivity contribution < 1.29 is 4.79 Å². The number of nitrogens with two attached hydrogens (primary N) is 1. The second-order valence-electron chi connectivity index (χ2n) is 5.12. The van der Waals surface area contributed by atoms with Gasteiger partial charge in [-0.1, -0.05) is 0 Å². The van der Waals surface area contributed by atoms with E-state index in [0.717, 1.165) is 31.6 Å². The van der Waals surface area contributed by atoms with Crippen molar-refractivity contribution in [2.24, 2.45) is 11.7 Å². The number of nitrogens with one attached hydrogen (secondary N) is 1. The molecule has 4 nitrogen and oxygen atoms in total. The van der Waals surface area contributed by atoms with Gasteiger partial charge in [-0.15, -0.1) is 0 Å². The number of likely N-dealkylation sites (tertiary alicyclic amines) is 1. The average molecular weight is 225 g/mol. The molecule has 0 saturated carbocycles. The Morgan fingerprint density at radius 1 is 1.38 bits per heavy atom. The van der Waals surface area contributed by atoms with Crippen LogP contribution in [0.25, 0.3) is 0 Å². The lowest BCUT2D eigenvalue weighted by Crippen LogP contribution is -2.44. The Bertz CT molecular complexity index is 238. The molecular weight excluding hydrogens is 202 g/mol. The molecule has 2 unspecified atom stereocenters. The van der Waals surface area contributed by atoms with Gasteiger partial charge in [-0.3, -0.25) is 4.79 Å². The molecular formula is C12H23N3O. The van der Waals surface area contributed by atoms with Gasteiger partial charge in [-0.05, 0) is 44.7 Å². The van der Waals surface area contributed by atoms with Crippen molar-refractivity contribution in [3.63, 3.8) is 0 Å². The number of primary amides is 1. The summed E-state index contributed by atoms with van der Waals surface area (Å²) in [4.78, 5) is 13.2. The fraction of sp³-hybridized carbons (Fsp3) is 0.917. The van der Waals surface area contributed by atoms with Crippen molar-refractivity contribution in [1.82, 2.24) is 10.2 Å². The van der Waals surface area contributed by atoms with Crippen LogP contribution in [0.5, 0.6) is 0 Å². The summed E-state index contributed by atoms with van der Waals surface area (Å²) in [5.74, 6) is 0.602. The molecule has 2 saturated heterocycles. The largest absolute Gasteiger partial charge is 0.370 e. The van der Waals surface area contributed by atoms with Crippen LogP contribution < -0.4 is 11.1 Å². The van der Waals surface area contributed by atoms with E-state index in [-0.39, 0.29) is 5.91 Å². The lowest BCUT2D eigenvalue weighted by Gasteiger charge is -2.35. The van der Waals surface area contributed by atoms with Crippen LogP contribution in [0.15, 0.2) is 0 Å². The Hall–Kier alpha value is -0.610. The lowest BCUT2D eigenvalue weighted by molar-refractivity contribution is -0.118. The van der Waals surface area contributed by atoms with Crippen LogP contribution in [0.3, 0.4) is 0 Å². The van der Waals surface area contributed by atoms with Crippen LogP contribution in [0, 0.1) is 5.92 Å². The molecule has 2 rings (SSSR count). The highest BCUT2D eigenvalue weighted by atomic mass is 16.1. The third kappa shape index (κ3) is 3.19. The van der Waals surface area contributed by atoms with Gasteiger partial charge >= 0.3 is 0 Å². The summed E-state index contributed by atoms with van der Waals surface area (Å²) in [6, 6.07) is 0.719. The second kappa shape index (κ2) is 5.64. The molecule has 3 N–H and O–H groups in total. The maximum absolute atomic E-state index is 10.8. The molecule has 2 aliphatic heterocycles. The van der Waals surface area contributed by atoms with Gasteiger partial charge in [-0.2, -0.15) is 0 Å².